The zero-order valence-corrected chi connectivity index (χ0v) is 11.2. The van der Waals surface area contributed by atoms with Crippen LogP contribution in [0.5, 0.6) is 0 Å². The van der Waals surface area contributed by atoms with Crippen LogP contribution in [0.15, 0.2) is 54.9 Å². The van der Waals surface area contributed by atoms with E-state index in [9.17, 15) is 4.79 Å². The van der Waals surface area contributed by atoms with E-state index in [0.29, 0.717) is 5.56 Å². The summed E-state index contributed by atoms with van der Waals surface area (Å²) < 4.78 is 0. The maximum atomic E-state index is 11.7. The number of nitrogens with one attached hydrogen (secondary N) is 2. The van der Waals surface area contributed by atoms with Gasteiger partial charge < -0.3 is 15.7 Å². The molecule has 0 aliphatic carbocycles. The molecule has 1 amide bonds. The zero-order chi connectivity index (χ0) is 14.4. The highest BCUT2D eigenvalue weighted by Crippen LogP contribution is 2.29. The number of amides is 1. The Morgan fingerprint density at radius 2 is 1.62 bits per heavy atom. The normalized spacial score (nSPS) is 11.2. The van der Waals surface area contributed by atoms with Gasteiger partial charge >= 0.3 is 0 Å². The molecule has 21 heavy (non-hydrogen) atoms. The lowest BCUT2D eigenvalue weighted by Gasteiger charge is -2.06. The van der Waals surface area contributed by atoms with Crippen molar-refractivity contribution in [2.75, 3.05) is 0 Å². The number of aromatic nitrogens is 2. The van der Waals surface area contributed by atoms with Gasteiger partial charge in [0.25, 0.3) is 5.91 Å². The lowest BCUT2D eigenvalue weighted by atomic mass is 9.99. The van der Waals surface area contributed by atoms with Crippen molar-refractivity contribution in [2.24, 2.45) is 5.73 Å². The molecule has 4 heteroatoms. The van der Waals surface area contributed by atoms with E-state index in [4.69, 9.17) is 5.73 Å². The third kappa shape index (κ3) is 1.80. The number of benzene rings is 2. The molecule has 0 fully saturated rings. The van der Waals surface area contributed by atoms with Crippen molar-refractivity contribution in [1.82, 2.24) is 9.97 Å². The van der Waals surface area contributed by atoms with Gasteiger partial charge in [0.05, 0.1) is 11.1 Å². The molecule has 2 aromatic carbocycles. The molecule has 0 saturated carbocycles. The molecule has 4 nitrogen and oxygen atoms in total. The summed E-state index contributed by atoms with van der Waals surface area (Å²) in [6.07, 6.45) is 3.73. The van der Waals surface area contributed by atoms with Crippen molar-refractivity contribution < 1.29 is 4.79 Å². The predicted molar refractivity (Wildman–Crippen MR) is 84.1 cm³/mol. The van der Waals surface area contributed by atoms with Crippen LogP contribution < -0.4 is 5.73 Å². The first-order valence-electron chi connectivity index (χ1n) is 6.71. The molecule has 4 N–H and O–H groups in total. The standard InChI is InChI=1S/C17H13N3O/c18-17(21)14-9-13(8-12-4-6-20-16(12)14)10-1-2-15-11(7-10)3-5-19-15/h1-9,19-20H,(H2,18,21). The Labute approximate surface area is 120 Å². The molecular formula is C17H13N3O. The van der Waals surface area contributed by atoms with Crippen molar-refractivity contribution in [1.29, 1.82) is 0 Å². The second-order valence-corrected chi connectivity index (χ2v) is 5.11. The van der Waals surface area contributed by atoms with E-state index in [1.54, 1.807) is 0 Å². The fourth-order valence-corrected chi connectivity index (χ4v) is 2.77. The van der Waals surface area contributed by atoms with Crippen molar-refractivity contribution >= 4 is 27.7 Å². The molecule has 0 spiro atoms. The van der Waals surface area contributed by atoms with Crippen molar-refractivity contribution in [3.05, 3.63) is 60.4 Å². The van der Waals surface area contributed by atoms with Gasteiger partial charge in [-0.1, -0.05) is 6.07 Å². The number of hydrogen-bond donors (Lipinski definition) is 3. The van der Waals surface area contributed by atoms with Crippen LogP contribution in [0.2, 0.25) is 0 Å². The first-order chi connectivity index (χ1) is 10.2. The smallest absolute Gasteiger partial charge is 0.250 e. The van der Waals surface area contributed by atoms with Gasteiger partial charge in [-0.15, -0.1) is 0 Å². The number of fused-ring (bicyclic) bond motifs is 2. The summed E-state index contributed by atoms with van der Waals surface area (Å²) in [7, 11) is 0. The third-order valence-electron chi connectivity index (χ3n) is 3.81. The van der Waals surface area contributed by atoms with Crippen LogP contribution in [0, 0.1) is 0 Å². The van der Waals surface area contributed by atoms with E-state index < -0.39 is 5.91 Å². The van der Waals surface area contributed by atoms with Crippen LogP contribution in [-0.4, -0.2) is 15.9 Å². The summed E-state index contributed by atoms with van der Waals surface area (Å²) in [6.45, 7) is 0. The average molecular weight is 275 g/mol. The van der Waals surface area contributed by atoms with Crippen LogP contribution in [0.3, 0.4) is 0 Å². The first-order valence-corrected chi connectivity index (χ1v) is 6.71. The van der Waals surface area contributed by atoms with Gasteiger partial charge in [0, 0.05) is 23.3 Å². The highest BCUT2D eigenvalue weighted by Gasteiger charge is 2.11. The van der Waals surface area contributed by atoms with Gasteiger partial charge in [-0.3, -0.25) is 4.79 Å². The van der Waals surface area contributed by atoms with E-state index in [0.717, 1.165) is 32.9 Å². The van der Waals surface area contributed by atoms with Crippen LogP contribution in [-0.2, 0) is 0 Å². The molecule has 0 saturated heterocycles. The number of hydrogen-bond acceptors (Lipinski definition) is 1. The number of rotatable bonds is 2. The SMILES string of the molecule is NC(=O)c1cc(-c2ccc3[nH]ccc3c2)cc2cc[nH]c12. The van der Waals surface area contributed by atoms with Crippen molar-refractivity contribution in [3.63, 3.8) is 0 Å². The number of carbonyl (C=O) groups is 1. The number of aromatic amines is 2. The molecule has 0 aliphatic rings. The molecule has 2 aromatic heterocycles. The van der Waals surface area contributed by atoms with Gasteiger partial charge in [-0.25, -0.2) is 0 Å². The Bertz CT molecular complexity index is 978. The topological polar surface area (TPSA) is 74.7 Å². The van der Waals surface area contributed by atoms with Crippen LogP contribution in [0.1, 0.15) is 10.4 Å². The quantitative estimate of drug-likeness (QED) is 0.515. The summed E-state index contributed by atoms with van der Waals surface area (Å²) in [5, 5.41) is 2.12. The molecule has 4 rings (SSSR count). The summed E-state index contributed by atoms with van der Waals surface area (Å²) >= 11 is 0. The number of carbonyl (C=O) groups excluding carboxylic acids is 1. The Balaban J connectivity index is 1.98. The summed E-state index contributed by atoms with van der Waals surface area (Å²) in [5.41, 5.74) is 9.94. The summed E-state index contributed by atoms with van der Waals surface area (Å²) in [6, 6.07) is 14.1. The zero-order valence-electron chi connectivity index (χ0n) is 11.2. The fraction of sp³-hybridized carbons (Fsp3) is 0. The second kappa shape index (κ2) is 4.24. The molecule has 0 radical (unpaired) electrons. The van der Waals surface area contributed by atoms with E-state index in [1.807, 2.05) is 42.7 Å². The second-order valence-electron chi connectivity index (χ2n) is 5.11. The molecule has 2 heterocycles. The fourth-order valence-electron chi connectivity index (χ4n) is 2.77. The maximum absolute atomic E-state index is 11.7. The minimum absolute atomic E-state index is 0.424. The lowest BCUT2D eigenvalue weighted by Crippen LogP contribution is -2.11. The highest BCUT2D eigenvalue weighted by molar-refractivity contribution is 6.07. The van der Waals surface area contributed by atoms with E-state index in [-0.39, 0.29) is 0 Å². The molecular weight excluding hydrogens is 262 g/mol. The largest absolute Gasteiger partial charge is 0.366 e. The van der Waals surface area contributed by atoms with Gasteiger partial charge in [0.2, 0.25) is 0 Å². The van der Waals surface area contributed by atoms with Gasteiger partial charge in [0.1, 0.15) is 0 Å². The van der Waals surface area contributed by atoms with E-state index in [1.165, 1.54) is 0 Å². The predicted octanol–water partition coefficient (Wildman–Crippen LogP) is 3.42. The molecule has 0 atom stereocenters. The van der Waals surface area contributed by atoms with Gasteiger partial charge in [-0.05, 0) is 52.9 Å². The Hall–Kier alpha value is -3.01. The van der Waals surface area contributed by atoms with E-state index in [2.05, 4.69) is 22.1 Å². The minimum atomic E-state index is -0.424. The van der Waals surface area contributed by atoms with Gasteiger partial charge in [-0.2, -0.15) is 0 Å². The lowest BCUT2D eigenvalue weighted by molar-refractivity contribution is 0.100. The van der Waals surface area contributed by atoms with Gasteiger partial charge in [0.15, 0.2) is 0 Å². The van der Waals surface area contributed by atoms with Crippen LogP contribution >= 0.6 is 0 Å². The van der Waals surface area contributed by atoms with Crippen molar-refractivity contribution in [2.45, 2.75) is 0 Å². The maximum Gasteiger partial charge on any atom is 0.250 e. The molecule has 102 valence electrons. The molecule has 0 unspecified atom stereocenters. The summed E-state index contributed by atoms with van der Waals surface area (Å²) in [4.78, 5) is 17.9. The first kappa shape index (κ1) is 11.8. The Morgan fingerprint density at radius 1 is 0.857 bits per heavy atom. The minimum Gasteiger partial charge on any atom is -0.366 e. The molecule has 4 aromatic rings. The highest BCUT2D eigenvalue weighted by atomic mass is 16.1. The van der Waals surface area contributed by atoms with Crippen molar-refractivity contribution in [3.8, 4) is 11.1 Å². The third-order valence-corrected chi connectivity index (χ3v) is 3.81. The monoisotopic (exact) mass is 275 g/mol. The number of nitrogens with two attached hydrogens (primary N) is 1. The van der Waals surface area contributed by atoms with Crippen LogP contribution in [0.25, 0.3) is 32.9 Å². The molecule has 0 aliphatic heterocycles. The van der Waals surface area contributed by atoms with E-state index >= 15 is 0 Å². The Morgan fingerprint density at radius 3 is 2.48 bits per heavy atom. The molecule has 0 bridgehead atoms. The number of H-pyrrole nitrogens is 2. The van der Waals surface area contributed by atoms with Crippen LogP contribution in [0.4, 0.5) is 0 Å². The number of primary amides is 1. The average Bonchev–Trinajstić information content (AvgIpc) is 3.13. The Kier molecular flexibility index (Phi) is 2.38. The summed E-state index contributed by atoms with van der Waals surface area (Å²) in [5.74, 6) is -0.424.